The molecule has 17 heavy (non-hydrogen) atoms. The Morgan fingerprint density at radius 2 is 2.18 bits per heavy atom. The van der Waals surface area contributed by atoms with Crippen molar-refractivity contribution in [3.05, 3.63) is 23.8 Å². The van der Waals surface area contributed by atoms with E-state index in [2.05, 4.69) is 22.5 Å². The number of hydrogen-bond acceptors (Lipinski definition) is 4. The van der Waals surface area contributed by atoms with Gasteiger partial charge >= 0.3 is 0 Å². The van der Waals surface area contributed by atoms with Gasteiger partial charge in [0.2, 0.25) is 0 Å². The van der Waals surface area contributed by atoms with Gasteiger partial charge in [-0.25, -0.2) is 0 Å². The van der Waals surface area contributed by atoms with Crippen LogP contribution in [0.1, 0.15) is 18.4 Å². The molecule has 0 unspecified atom stereocenters. The number of benzene rings is 1. The number of fused-ring (bicyclic) bond motifs is 1. The van der Waals surface area contributed by atoms with Gasteiger partial charge in [0, 0.05) is 30.3 Å². The first-order chi connectivity index (χ1) is 8.36. The van der Waals surface area contributed by atoms with Crippen molar-refractivity contribution in [1.82, 2.24) is 5.48 Å². The van der Waals surface area contributed by atoms with E-state index in [0.29, 0.717) is 0 Å². The first kappa shape index (κ1) is 10.6. The zero-order chi connectivity index (χ0) is 11.7. The van der Waals surface area contributed by atoms with Crippen LogP contribution in [-0.4, -0.2) is 19.4 Å². The monoisotopic (exact) mass is 232 g/mol. The second kappa shape index (κ2) is 4.37. The van der Waals surface area contributed by atoms with Crippen molar-refractivity contribution in [3.63, 3.8) is 0 Å². The molecule has 90 valence electrons. The van der Waals surface area contributed by atoms with Gasteiger partial charge < -0.3 is 14.5 Å². The molecule has 4 heteroatoms. The van der Waals surface area contributed by atoms with Crippen LogP contribution in [0.15, 0.2) is 18.2 Å². The van der Waals surface area contributed by atoms with Crippen LogP contribution >= 0.6 is 0 Å². The summed E-state index contributed by atoms with van der Waals surface area (Å²) in [7, 11) is 0. The number of hydrogen-bond donors (Lipinski definition) is 1. The number of carbonyl (C=O) groups excluding carboxylic acids is 1. The van der Waals surface area contributed by atoms with Crippen molar-refractivity contribution < 1.29 is 9.63 Å². The Morgan fingerprint density at radius 1 is 1.35 bits per heavy atom. The Bertz CT molecular complexity index is 425. The maximum atomic E-state index is 10.7. The largest absolute Gasteiger partial charge is 0.408 e. The number of piperidine rings is 1. The van der Waals surface area contributed by atoms with E-state index >= 15 is 0 Å². The van der Waals surface area contributed by atoms with Gasteiger partial charge in [-0.05, 0) is 31.0 Å². The second-order valence-electron chi connectivity index (χ2n) is 4.68. The van der Waals surface area contributed by atoms with Crippen LogP contribution in [0.5, 0.6) is 5.75 Å². The minimum absolute atomic E-state index is 0.255. The van der Waals surface area contributed by atoms with Crippen molar-refractivity contribution in [1.29, 1.82) is 0 Å². The molecule has 3 rings (SSSR count). The highest BCUT2D eigenvalue weighted by atomic mass is 16.7. The summed E-state index contributed by atoms with van der Waals surface area (Å²) in [6.45, 7) is 2.71. The van der Waals surface area contributed by atoms with E-state index in [4.69, 9.17) is 4.84 Å². The fraction of sp³-hybridized carbons (Fsp3) is 0.462. The van der Waals surface area contributed by atoms with E-state index < -0.39 is 0 Å². The summed E-state index contributed by atoms with van der Waals surface area (Å²) in [5.41, 5.74) is 5.31. The standard InChI is InChI=1S/C13H16N2O2/c16-9-10-3-5-15(6-4-10)12-1-2-13-11(7-12)8-14-17-13/h1-2,7,9-10,14H,3-6,8H2. The van der Waals surface area contributed by atoms with Crippen LogP contribution in [0.2, 0.25) is 0 Å². The molecule has 0 bridgehead atoms. The van der Waals surface area contributed by atoms with Gasteiger partial charge in [0.05, 0.1) is 6.54 Å². The zero-order valence-electron chi connectivity index (χ0n) is 9.69. The van der Waals surface area contributed by atoms with Gasteiger partial charge in [0.25, 0.3) is 0 Å². The van der Waals surface area contributed by atoms with E-state index in [-0.39, 0.29) is 5.92 Å². The molecule has 1 aromatic rings. The van der Waals surface area contributed by atoms with Crippen molar-refractivity contribution in [2.75, 3.05) is 18.0 Å². The average Bonchev–Trinajstić information content (AvgIpc) is 2.86. The lowest BCUT2D eigenvalue weighted by Crippen LogP contribution is -2.34. The third-order valence-corrected chi connectivity index (χ3v) is 3.59. The van der Waals surface area contributed by atoms with Gasteiger partial charge in [-0.3, -0.25) is 0 Å². The summed E-state index contributed by atoms with van der Waals surface area (Å²) in [6, 6.07) is 6.28. The Morgan fingerprint density at radius 3 is 2.94 bits per heavy atom. The van der Waals surface area contributed by atoms with Gasteiger partial charge in [0.15, 0.2) is 5.75 Å². The lowest BCUT2D eigenvalue weighted by molar-refractivity contribution is -0.111. The number of anilines is 1. The molecule has 2 aliphatic rings. The molecule has 1 aromatic carbocycles. The molecule has 4 nitrogen and oxygen atoms in total. The molecule has 0 aromatic heterocycles. The van der Waals surface area contributed by atoms with Crippen molar-refractivity contribution in [3.8, 4) is 5.75 Å². The smallest absolute Gasteiger partial charge is 0.151 e. The molecule has 0 aliphatic carbocycles. The molecule has 2 aliphatic heterocycles. The normalized spacial score (nSPS) is 19.9. The molecule has 2 heterocycles. The van der Waals surface area contributed by atoms with Crippen LogP contribution in [0.3, 0.4) is 0 Å². The van der Waals surface area contributed by atoms with Gasteiger partial charge in [-0.15, -0.1) is 0 Å². The number of nitrogens with zero attached hydrogens (tertiary/aromatic N) is 1. The number of nitrogens with one attached hydrogen (secondary N) is 1. The number of hydroxylamine groups is 1. The summed E-state index contributed by atoms with van der Waals surface area (Å²) in [4.78, 5) is 18.3. The molecule has 0 radical (unpaired) electrons. The van der Waals surface area contributed by atoms with E-state index in [1.807, 2.05) is 6.07 Å². The lowest BCUT2D eigenvalue weighted by atomic mass is 9.98. The van der Waals surface area contributed by atoms with Crippen LogP contribution < -0.4 is 15.2 Å². The topological polar surface area (TPSA) is 41.6 Å². The van der Waals surface area contributed by atoms with Crippen molar-refractivity contribution in [2.24, 2.45) is 5.92 Å². The SMILES string of the molecule is O=CC1CCN(c2ccc3c(c2)CNO3)CC1. The third-order valence-electron chi connectivity index (χ3n) is 3.59. The number of carbonyl (C=O) groups is 1. The van der Waals surface area contributed by atoms with E-state index in [1.54, 1.807) is 0 Å². The van der Waals surface area contributed by atoms with E-state index in [0.717, 1.165) is 44.5 Å². The minimum Gasteiger partial charge on any atom is -0.408 e. The lowest BCUT2D eigenvalue weighted by Gasteiger charge is -2.31. The van der Waals surface area contributed by atoms with Crippen LogP contribution in [0.25, 0.3) is 0 Å². The van der Waals surface area contributed by atoms with E-state index in [9.17, 15) is 4.79 Å². The molecular weight excluding hydrogens is 216 g/mol. The molecule has 0 amide bonds. The first-order valence-corrected chi connectivity index (χ1v) is 6.09. The summed E-state index contributed by atoms with van der Waals surface area (Å²) in [5, 5.41) is 0. The Kier molecular flexibility index (Phi) is 2.73. The Labute approximate surface area is 101 Å². The summed E-state index contributed by atoms with van der Waals surface area (Å²) in [5.74, 6) is 1.18. The Balaban J connectivity index is 1.74. The minimum atomic E-state index is 0.255. The molecule has 0 spiro atoms. The van der Waals surface area contributed by atoms with Gasteiger partial charge in [-0.2, -0.15) is 5.48 Å². The highest BCUT2D eigenvalue weighted by Gasteiger charge is 2.20. The predicted octanol–water partition coefficient (Wildman–Crippen LogP) is 1.50. The third kappa shape index (κ3) is 2.00. The molecular formula is C13H16N2O2. The van der Waals surface area contributed by atoms with Crippen LogP contribution in [-0.2, 0) is 11.3 Å². The van der Waals surface area contributed by atoms with Gasteiger partial charge in [0.1, 0.15) is 6.29 Å². The maximum Gasteiger partial charge on any atom is 0.151 e. The molecule has 1 fully saturated rings. The van der Waals surface area contributed by atoms with E-state index in [1.165, 1.54) is 11.3 Å². The molecule has 0 saturated carbocycles. The number of aldehydes is 1. The zero-order valence-corrected chi connectivity index (χ0v) is 9.69. The Hall–Kier alpha value is -1.55. The van der Waals surface area contributed by atoms with Crippen molar-refractivity contribution >= 4 is 12.0 Å². The second-order valence-corrected chi connectivity index (χ2v) is 4.68. The fourth-order valence-corrected chi connectivity index (χ4v) is 2.49. The summed E-state index contributed by atoms with van der Waals surface area (Å²) in [6.07, 6.45) is 3.03. The molecule has 1 N–H and O–H groups in total. The summed E-state index contributed by atoms with van der Waals surface area (Å²) >= 11 is 0. The molecule has 0 atom stereocenters. The maximum absolute atomic E-state index is 10.7. The van der Waals surface area contributed by atoms with Crippen LogP contribution in [0.4, 0.5) is 5.69 Å². The summed E-state index contributed by atoms with van der Waals surface area (Å²) < 4.78 is 0. The highest BCUT2D eigenvalue weighted by Crippen LogP contribution is 2.29. The predicted molar refractivity (Wildman–Crippen MR) is 64.9 cm³/mol. The number of rotatable bonds is 2. The van der Waals surface area contributed by atoms with Gasteiger partial charge in [-0.1, -0.05) is 0 Å². The van der Waals surface area contributed by atoms with Crippen LogP contribution in [0, 0.1) is 5.92 Å². The first-order valence-electron chi connectivity index (χ1n) is 6.09. The average molecular weight is 232 g/mol. The van der Waals surface area contributed by atoms with Crippen molar-refractivity contribution in [2.45, 2.75) is 19.4 Å². The quantitative estimate of drug-likeness (QED) is 0.785. The highest BCUT2D eigenvalue weighted by molar-refractivity contribution is 5.57. The molecule has 1 saturated heterocycles. The fourth-order valence-electron chi connectivity index (χ4n) is 2.49.